The number of nitrogens with one attached hydrogen (secondary N) is 1. The van der Waals surface area contributed by atoms with Crippen LogP contribution < -0.4 is 11.3 Å². The first kappa shape index (κ1) is 10.2. The summed E-state index contributed by atoms with van der Waals surface area (Å²) >= 11 is 5.79. The topological polar surface area (TPSA) is 50.9 Å². The summed E-state index contributed by atoms with van der Waals surface area (Å²) in [5.41, 5.74) is 4.49. The lowest BCUT2D eigenvalue weighted by molar-refractivity contribution is 0.625. The molecular formula is C9H12ClN3. The summed E-state index contributed by atoms with van der Waals surface area (Å²) in [6.45, 7) is 5.71. The second-order valence-corrected chi connectivity index (χ2v) is 3.32. The third kappa shape index (κ3) is 2.52. The number of halogens is 1. The van der Waals surface area contributed by atoms with Crippen LogP contribution in [0.15, 0.2) is 30.6 Å². The Hall–Kier alpha value is -0.900. The fourth-order valence-corrected chi connectivity index (χ4v) is 1.29. The molecule has 13 heavy (non-hydrogen) atoms. The van der Waals surface area contributed by atoms with Crippen molar-refractivity contribution in [3.63, 3.8) is 0 Å². The Bertz CT molecular complexity index is 311. The van der Waals surface area contributed by atoms with Gasteiger partial charge in [0, 0.05) is 12.4 Å². The van der Waals surface area contributed by atoms with Gasteiger partial charge >= 0.3 is 0 Å². The molecule has 0 radical (unpaired) electrons. The third-order valence-electron chi connectivity index (χ3n) is 1.72. The van der Waals surface area contributed by atoms with Gasteiger partial charge in [-0.3, -0.25) is 10.8 Å². The van der Waals surface area contributed by atoms with E-state index in [-0.39, 0.29) is 6.04 Å². The van der Waals surface area contributed by atoms with Crippen molar-refractivity contribution in [2.75, 3.05) is 0 Å². The monoisotopic (exact) mass is 197 g/mol. The van der Waals surface area contributed by atoms with Crippen LogP contribution in [0.4, 0.5) is 0 Å². The van der Waals surface area contributed by atoms with Gasteiger partial charge in [0.1, 0.15) is 0 Å². The zero-order valence-electron chi connectivity index (χ0n) is 7.42. The Morgan fingerprint density at radius 1 is 1.69 bits per heavy atom. The molecule has 3 nitrogen and oxygen atoms in total. The van der Waals surface area contributed by atoms with Crippen molar-refractivity contribution in [1.29, 1.82) is 0 Å². The van der Waals surface area contributed by atoms with E-state index >= 15 is 0 Å². The number of hydrazine groups is 1. The molecule has 0 spiro atoms. The molecule has 0 fully saturated rings. The van der Waals surface area contributed by atoms with Crippen molar-refractivity contribution >= 4 is 11.6 Å². The van der Waals surface area contributed by atoms with Gasteiger partial charge in [0.25, 0.3) is 0 Å². The Labute approximate surface area is 82.6 Å². The van der Waals surface area contributed by atoms with Crippen molar-refractivity contribution in [3.05, 3.63) is 41.2 Å². The number of rotatable bonds is 3. The molecule has 4 heteroatoms. The molecule has 1 heterocycles. The SMILES string of the molecule is C=C(C)C(NN)c1cncc(Cl)c1. The van der Waals surface area contributed by atoms with E-state index in [1.807, 2.05) is 13.0 Å². The van der Waals surface area contributed by atoms with E-state index in [2.05, 4.69) is 17.0 Å². The van der Waals surface area contributed by atoms with E-state index in [0.717, 1.165) is 11.1 Å². The summed E-state index contributed by atoms with van der Waals surface area (Å²) in [7, 11) is 0. The van der Waals surface area contributed by atoms with Gasteiger partial charge in [-0.05, 0) is 18.6 Å². The van der Waals surface area contributed by atoms with Crippen molar-refractivity contribution in [2.24, 2.45) is 5.84 Å². The summed E-state index contributed by atoms with van der Waals surface area (Å²) in [4.78, 5) is 3.97. The minimum absolute atomic E-state index is 0.0915. The standard InChI is InChI=1S/C9H12ClN3/c1-6(2)9(13-11)7-3-8(10)5-12-4-7/h3-5,9,13H,1,11H2,2H3. The van der Waals surface area contributed by atoms with Crippen molar-refractivity contribution in [2.45, 2.75) is 13.0 Å². The lowest BCUT2D eigenvalue weighted by Crippen LogP contribution is -2.28. The summed E-state index contributed by atoms with van der Waals surface area (Å²) in [6.07, 6.45) is 3.29. The van der Waals surface area contributed by atoms with Gasteiger partial charge in [-0.2, -0.15) is 0 Å². The van der Waals surface area contributed by atoms with Crippen LogP contribution in [0.5, 0.6) is 0 Å². The molecule has 1 aromatic heterocycles. The van der Waals surface area contributed by atoms with Crippen LogP contribution in [-0.4, -0.2) is 4.98 Å². The van der Waals surface area contributed by atoms with Gasteiger partial charge in [0.15, 0.2) is 0 Å². The first-order valence-corrected chi connectivity index (χ1v) is 4.25. The molecule has 0 aliphatic carbocycles. The van der Waals surface area contributed by atoms with Crippen LogP contribution in [0.3, 0.4) is 0 Å². The predicted octanol–water partition coefficient (Wildman–Crippen LogP) is 1.82. The molecule has 0 aromatic carbocycles. The normalized spacial score (nSPS) is 12.5. The largest absolute Gasteiger partial charge is 0.271 e. The van der Waals surface area contributed by atoms with Gasteiger partial charge in [-0.1, -0.05) is 23.8 Å². The highest BCUT2D eigenvalue weighted by atomic mass is 35.5. The molecule has 3 N–H and O–H groups in total. The van der Waals surface area contributed by atoms with E-state index in [0.29, 0.717) is 5.02 Å². The average Bonchev–Trinajstić information content (AvgIpc) is 2.04. The lowest BCUT2D eigenvalue weighted by atomic mass is 10.0. The summed E-state index contributed by atoms with van der Waals surface area (Å²) in [5, 5.41) is 0.596. The van der Waals surface area contributed by atoms with E-state index in [1.165, 1.54) is 0 Å². The lowest BCUT2D eigenvalue weighted by Gasteiger charge is -2.15. The van der Waals surface area contributed by atoms with Crippen LogP contribution in [0.1, 0.15) is 18.5 Å². The van der Waals surface area contributed by atoms with Crippen LogP contribution in [0.25, 0.3) is 0 Å². The summed E-state index contributed by atoms with van der Waals surface area (Å²) < 4.78 is 0. The zero-order valence-corrected chi connectivity index (χ0v) is 8.17. The second kappa shape index (κ2) is 4.37. The molecule has 0 aliphatic rings. The van der Waals surface area contributed by atoms with Gasteiger partial charge in [0.05, 0.1) is 11.1 Å². The number of pyridine rings is 1. The number of hydrogen-bond acceptors (Lipinski definition) is 3. The average molecular weight is 198 g/mol. The minimum atomic E-state index is -0.0915. The van der Waals surface area contributed by atoms with E-state index in [9.17, 15) is 0 Å². The van der Waals surface area contributed by atoms with E-state index in [1.54, 1.807) is 12.4 Å². The molecular weight excluding hydrogens is 186 g/mol. The maximum atomic E-state index is 5.79. The first-order valence-electron chi connectivity index (χ1n) is 3.87. The highest BCUT2D eigenvalue weighted by molar-refractivity contribution is 6.30. The quantitative estimate of drug-likeness (QED) is 0.442. The van der Waals surface area contributed by atoms with Crippen molar-refractivity contribution in [1.82, 2.24) is 10.4 Å². The fourth-order valence-electron chi connectivity index (χ4n) is 1.11. The Balaban J connectivity index is 2.98. The molecule has 70 valence electrons. The van der Waals surface area contributed by atoms with Crippen molar-refractivity contribution in [3.8, 4) is 0 Å². The smallest absolute Gasteiger partial charge is 0.0680 e. The fraction of sp³-hybridized carbons (Fsp3) is 0.222. The Morgan fingerprint density at radius 2 is 2.38 bits per heavy atom. The molecule has 1 aromatic rings. The van der Waals surface area contributed by atoms with Crippen LogP contribution in [0, 0.1) is 0 Å². The van der Waals surface area contributed by atoms with Gasteiger partial charge in [-0.15, -0.1) is 0 Å². The molecule has 1 atom stereocenters. The molecule has 1 unspecified atom stereocenters. The molecule has 0 bridgehead atoms. The Morgan fingerprint density at radius 3 is 2.85 bits per heavy atom. The van der Waals surface area contributed by atoms with E-state index < -0.39 is 0 Å². The van der Waals surface area contributed by atoms with E-state index in [4.69, 9.17) is 17.4 Å². The Kier molecular flexibility index (Phi) is 3.42. The van der Waals surface area contributed by atoms with Crippen molar-refractivity contribution < 1.29 is 0 Å². The molecule has 0 saturated heterocycles. The summed E-state index contributed by atoms with van der Waals surface area (Å²) in [5.74, 6) is 5.37. The van der Waals surface area contributed by atoms with Gasteiger partial charge in [0.2, 0.25) is 0 Å². The molecule has 0 saturated carbocycles. The first-order chi connectivity index (χ1) is 6.15. The molecule has 0 amide bonds. The van der Waals surface area contributed by atoms with Gasteiger partial charge < -0.3 is 0 Å². The highest BCUT2D eigenvalue weighted by Crippen LogP contribution is 2.20. The third-order valence-corrected chi connectivity index (χ3v) is 1.93. The van der Waals surface area contributed by atoms with Crippen LogP contribution in [0.2, 0.25) is 5.02 Å². The molecule has 1 rings (SSSR count). The number of nitrogens with two attached hydrogens (primary N) is 1. The van der Waals surface area contributed by atoms with Crippen LogP contribution >= 0.6 is 11.6 Å². The molecule has 0 aliphatic heterocycles. The highest BCUT2D eigenvalue weighted by Gasteiger charge is 2.10. The van der Waals surface area contributed by atoms with Gasteiger partial charge in [-0.25, -0.2) is 5.43 Å². The zero-order chi connectivity index (χ0) is 9.84. The number of hydrogen-bond donors (Lipinski definition) is 2. The predicted molar refractivity (Wildman–Crippen MR) is 54.1 cm³/mol. The minimum Gasteiger partial charge on any atom is -0.271 e. The second-order valence-electron chi connectivity index (χ2n) is 2.88. The number of aromatic nitrogens is 1. The van der Waals surface area contributed by atoms with Crippen LogP contribution in [-0.2, 0) is 0 Å². The maximum absolute atomic E-state index is 5.79. The maximum Gasteiger partial charge on any atom is 0.0680 e. The summed E-state index contributed by atoms with van der Waals surface area (Å²) in [6, 6.07) is 1.72. The number of nitrogens with zero attached hydrogens (tertiary/aromatic N) is 1.